The van der Waals surface area contributed by atoms with Gasteiger partial charge in [-0.25, -0.2) is 4.39 Å². The number of alkyl halides is 2. The maximum Gasteiger partial charge on any atom is 0.387 e. The highest BCUT2D eigenvalue weighted by atomic mass is 19.3. The van der Waals surface area contributed by atoms with E-state index < -0.39 is 42.2 Å². The third-order valence-electron chi connectivity index (χ3n) is 5.93. The number of ether oxygens (including phenoxy) is 2. The summed E-state index contributed by atoms with van der Waals surface area (Å²) in [6.45, 7) is 0.184. The summed E-state index contributed by atoms with van der Waals surface area (Å²) in [5, 5.41) is 21.0. The lowest BCUT2D eigenvalue weighted by molar-refractivity contribution is -0.138. The summed E-state index contributed by atoms with van der Waals surface area (Å²) >= 11 is 0. The van der Waals surface area contributed by atoms with Gasteiger partial charge < -0.3 is 19.7 Å². The van der Waals surface area contributed by atoms with Crippen LogP contribution in [0.2, 0.25) is 0 Å². The first kappa shape index (κ1) is 24.3. The molecule has 0 saturated heterocycles. The second-order valence-electron chi connectivity index (χ2n) is 7.86. The molecule has 3 aromatic rings. The van der Waals surface area contributed by atoms with E-state index in [0.29, 0.717) is 10.3 Å². The van der Waals surface area contributed by atoms with E-state index in [2.05, 4.69) is 0 Å². The molecule has 1 aliphatic heterocycles. The zero-order valence-corrected chi connectivity index (χ0v) is 18.8. The van der Waals surface area contributed by atoms with Crippen molar-refractivity contribution in [3.8, 4) is 11.5 Å². The summed E-state index contributed by atoms with van der Waals surface area (Å²) in [4.78, 5) is 25.7. The number of anilines is 1. The van der Waals surface area contributed by atoms with Crippen LogP contribution in [0.4, 0.5) is 18.9 Å². The van der Waals surface area contributed by atoms with Crippen LogP contribution in [0.25, 0.3) is 10.8 Å². The lowest BCUT2D eigenvalue weighted by atomic mass is 9.96. The number of carbonyl (C=O) groups excluding carboxylic acids is 1. The highest BCUT2D eigenvalue weighted by Gasteiger charge is 2.44. The molecule has 35 heavy (non-hydrogen) atoms. The van der Waals surface area contributed by atoms with Crippen molar-refractivity contribution in [2.75, 3.05) is 11.5 Å². The summed E-state index contributed by atoms with van der Waals surface area (Å²) in [5.74, 6) is -4.28. The summed E-state index contributed by atoms with van der Waals surface area (Å²) in [6, 6.07) is 9.76. The fourth-order valence-corrected chi connectivity index (χ4v) is 4.45. The van der Waals surface area contributed by atoms with E-state index in [0.717, 1.165) is 6.07 Å². The summed E-state index contributed by atoms with van der Waals surface area (Å²) < 4.78 is 52.3. The molecule has 4 rings (SSSR count). The number of aliphatic hydroxyl groups is 1. The Labute approximate surface area is 198 Å². The molecule has 1 aliphatic rings. The lowest BCUT2D eigenvalue weighted by Crippen LogP contribution is -2.28. The first-order valence-electron chi connectivity index (χ1n) is 10.9. The number of nitrogens with zero attached hydrogens (tertiary/aromatic N) is 1. The molecule has 3 aromatic carbocycles. The fourth-order valence-electron chi connectivity index (χ4n) is 4.45. The van der Waals surface area contributed by atoms with Crippen molar-refractivity contribution >= 4 is 28.3 Å². The summed E-state index contributed by atoms with van der Waals surface area (Å²) in [5.41, 5.74) is -0.647. The molecule has 1 amide bonds. The van der Waals surface area contributed by atoms with Crippen molar-refractivity contribution in [2.24, 2.45) is 0 Å². The average molecular weight is 489 g/mol. The Hall–Kier alpha value is -3.79. The number of aliphatic carboxylic acids is 1. The highest BCUT2D eigenvalue weighted by molar-refractivity contribution is 6.17. The van der Waals surface area contributed by atoms with Crippen LogP contribution in [0.1, 0.15) is 53.9 Å². The fraction of sp³-hybridized carbons (Fsp3) is 0.280. The van der Waals surface area contributed by atoms with Crippen LogP contribution in [-0.4, -0.2) is 35.3 Å². The van der Waals surface area contributed by atoms with Gasteiger partial charge in [-0.05, 0) is 31.0 Å². The van der Waals surface area contributed by atoms with Gasteiger partial charge in [0.15, 0.2) is 6.23 Å². The van der Waals surface area contributed by atoms with E-state index in [1.807, 2.05) is 0 Å². The molecule has 184 valence electrons. The van der Waals surface area contributed by atoms with Gasteiger partial charge in [-0.1, -0.05) is 37.3 Å². The van der Waals surface area contributed by atoms with E-state index in [4.69, 9.17) is 9.47 Å². The van der Waals surface area contributed by atoms with Gasteiger partial charge in [0.25, 0.3) is 5.91 Å². The summed E-state index contributed by atoms with van der Waals surface area (Å²) in [7, 11) is 0. The molecule has 0 saturated carbocycles. The van der Waals surface area contributed by atoms with Gasteiger partial charge in [0.2, 0.25) is 0 Å². The number of rotatable bonds is 8. The molecule has 10 heteroatoms. The molecule has 7 nitrogen and oxygen atoms in total. The van der Waals surface area contributed by atoms with Crippen molar-refractivity contribution in [1.82, 2.24) is 0 Å². The van der Waals surface area contributed by atoms with Gasteiger partial charge in [0.1, 0.15) is 17.3 Å². The minimum absolute atomic E-state index is 0.0558. The molecule has 0 fully saturated rings. The van der Waals surface area contributed by atoms with E-state index in [9.17, 15) is 28.6 Å². The summed E-state index contributed by atoms with van der Waals surface area (Å²) in [6.07, 6.45) is -1.65. The SMILES string of the molecule is CCOc1c2c(c(OC(F)F)c3ccccc13)C(O)N(c1ccc(C(CC)C(=O)O)cc1F)C2=O. The van der Waals surface area contributed by atoms with Gasteiger partial charge in [-0.15, -0.1) is 0 Å². The van der Waals surface area contributed by atoms with E-state index in [1.165, 1.54) is 18.2 Å². The predicted molar refractivity (Wildman–Crippen MR) is 121 cm³/mol. The van der Waals surface area contributed by atoms with Gasteiger partial charge in [0, 0.05) is 10.8 Å². The molecular weight excluding hydrogens is 467 g/mol. The van der Waals surface area contributed by atoms with E-state index in [-0.39, 0.29) is 46.5 Å². The Morgan fingerprint density at radius 2 is 1.77 bits per heavy atom. The van der Waals surface area contributed by atoms with Crippen LogP contribution < -0.4 is 14.4 Å². The van der Waals surface area contributed by atoms with Crippen molar-refractivity contribution in [1.29, 1.82) is 0 Å². The number of halogens is 3. The number of benzene rings is 3. The van der Waals surface area contributed by atoms with Crippen molar-refractivity contribution in [3.63, 3.8) is 0 Å². The average Bonchev–Trinajstić information content (AvgIpc) is 3.06. The number of hydrogen-bond acceptors (Lipinski definition) is 5. The second kappa shape index (κ2) is 9.46. The predicted octanol–water partition coefficient (Wildman–Crippen LogP) is 5.21. The Kier molecular flexibility index (Phi) is 6.58. The third kappa shape index (κ3) is 4.03. The first-order valence-corrected chi connectivity index (χ1v) is 10.9. The van der Waals surface area contributed by atoms with Crippen LogP contribution in [0.15, 0.2) is 42.5 Å². The largest absolute Gasteiger partial charge is 0.492 e. The molecule has 1 heterocycles. The van der Waals surface area contributed by atoms with Crippen LogP contribution in [0.3, 0.4) is 0 Å². The quantitative estimate of drug-likeness (QED) is 0.451. The highest BCUT2D eigenvalue weighted by Crippen LogP contribution is 2.50. The van der Waals surface area contributed by atoms with E-state index in [1.54, 1.807) is 32.0 Å². The Morgan fingerprint density at radius 1 is 1.11 bits per heavy atom. The Bertz CT molecular complexity index is 1310. The van der Waals surface area contributed by atoms with Crippen LogP contribution >= 0.6 is 0 Å². The maximum absolute atomic E-state index is 15.2. The zero-order chi connectivity index (χ0) is 25.4. The second-order valence-corrected chi connectivity index (χ2v) is 7.86. The number of hydrogen-bond donors (Lipinski definition) is 2. The maximum atomic E-state index is 15.2. The minimum Gasteiger partial charge on any atom is -0.492 e. The van der Waals surface area contributed by atoms with Crippen molar-refractivity contribution in [3.05, 3.63) is 65.0 Å². The topological polar surface area (TPSA) is 96.3 Å². The molecule has 0 radical (unpaired) electrons. The normalized spacial score (nSPS) is 16.0. The molecular formula is C25H22F3NO6. The van der Waals surface area contributed by atoms with Gasteiger partial charge in [0.05, 0.1) is 29.3 Å². The van der Waals surface area contributed by atoms with E-state index >= 15 is 4.39 Å². The zero-order valence-electron chi connectivity index (χ0n) is 18.8. The smallest absolute Gasteiger partial charge is 0.387 e. The Morgan fingerprint density at radius 3 is 2.31 bits per heavy atom. The van der Waals surface area contributed by atoms with Crippen LogP contribution in [0.5, 0.6) is 11.5 Å². The molecule has 2 N–H and O–H groups in total. The molecule has 2 unspecified atom stereocenters. The van der Waals surface area contributed by atoms with Gasteiger partial charge in [-0.3, -0.25) is 14.5 Å². The molecule has 0 bridgehead atoms. The number of amides is 1. The number of carboxylic acids is 1. The number of fused-ring (bicyclic) bond motifs is 2. The standard InChI is InChI=1S/C25H22F3NO6/c1-3-13(24(32)33)12-9-10-17(16(26)11-12)29-22(30)18-19(23(29)31)21(35-25(27)28)15-8-6-5-7-14(15)20(18)34-4-2/h5-11,13,23,25,31H,3-4H2,1-2H3,(H,32,33). The number of carboxylic acid groups (broad SMARTS) is 1. The van der Waals surface area contributed by atoms with Crippen molar-refractivity contribution in [2.45, 2.75) is 39.0 Å². The number of carbonyl (C=O) groups is 2. The Balaban J connectivity index is 1.92. The molecule has 0 spiro atoms. The molecule has 0 aromatic heterocycles. The lowest BCUT2D eigenvalue weighted by Gasteiger charge is -2.23. The van der Waals surface area contributed by atoms with Crippen molar-refractivity contribution < 1.29 is 42.4 Å². The molecule has 2 atom stereocenters. The third-order valence-corrected chi connectivity index (χ3v) is 5.93. The van der Waals surface area contributed by atoms with Crippen LogP contribution in [0, 0.1) is 5.82 Å². The number of aliphatic hydroxyl groups excluding tert-OH is 1. The monoisotopic (exact) mass is 489 g/mol. The minimum atomic E-state index is -3.25. The first-order chi connectivity index (χ1) is 16.7. The molecule has 0 aliphatic carbocycles. The van der Waals surface area contributed by atoms with Crippen LogP contribution in [-0.2, 0) is 4.79 Å². The van der Waals surface area contributed by atoms with Gasteiger partial charge in [-0.2, -0.15) is 8.78 Å². The van der Waals surface area contributed by atoms with Gasteiger partial charge >= 0.3 is 12.6 Å².